The zero-order valence-corrected chi connectivity index (χ0v) is 11.5. The lowest BCUT2D eigenvalue weighted by molar-refractivity contribution is -0.113. The first-order chi connectivity index (χ1) is 8.65. The van der Waals surface area contributed by atoms with Crippen molar-refractivity contribution >= 4 is 11.4 Å². The molecule has 0 aliphatic rings. The fourth-order valence-electron chi connectivity index (χ4n) is 1.77. The van der Waals surface area contributed by atoms with Crippen LogP contribution in [-0.2, 0) is 4.79 Å². The number of ketones is 1. The van der Waals surface area contributed by atoms with E-state index in [1.165, 1.54) is 0 Å². The normalized spacial score (nSPS) is 11.4. The number of hydrogen-bond acceptors (Lipinski definition) is 3. The quantitative estimate of drug-likeness (QED) is 0.547. The fraction of sp³-hybridized carbons (Fsp3) is 0.467. The van der Waals surface area contributed by atoms with Crippen LogP contribution in [0.3, 0.4) is 0 Å². The predicted molar refractivity (Wildman–Crippen MR) is 75.1 cm³/mol. The Kier molecular flexibility index (Phi) is 6.12. The number of aromatic nitrogens is 1. The molecule has 3 heteroatoms. The zero-order valence-electron chi connectivity index (χ0n) is 11.5. The molecule has 0 saturated heterocycles. The van der Waals surface area contributed by atoms with Gasteiger partial charge in [-0.3, -0.25) is 9.78 Å². The Balaban J connectivity index is 2.83. The van der Waals surface area contributed by atoms with Crippen molar-refractivity contribution in [3.8, 4) is 0 Å². The third-order valence-corrected chi connectivity index (χ3v) is 2.69. The molecule has 18 heavy (non-hydrogen) atoms. The molecule has 0 bridgehead atoms. The predicted octanol–water partition coefficient (Wildman–Crippen LogP) is 3.13. The van der Waals surface area contributed by atoms with E-state index in [2.05, 4.69) is 11.9 Å². The Morgan fingerprint density at radius 1 is 1.28 bits per heavy atom. The largest absolute Gasteiger partial charge is 0.383 e. The minimum atomic E-state index is 0.211. The summed E-state index contributed by atoms with van der Waals surface area (Å²) < 4.78 is 0. The summed E-state index contributed by atoms with van der Waals surface area (Å²) >= 11 is 0. The Bertz CT molecular complexity index is 396. The van der Waals surface area contributed by atoms with Crippen LogP contribution in [0.5, 0.6) is 0 Å². The van der Waals surface area contributed by atoms with E-state index in [1.807, 2.05) is 37.3 Å². The van der Waals surface area contributed by atoms with Crippen molar-refractivity contribution in [1.82, 2.24) is 9.88 Å². The molecule has 0 aromatic carbocycles. The van der Waals surface area contributed by atoms with Gasteiger partial charge in [0.1, 0.15) is 0 Å². The van der Waals surface area contributed by atoms with E-state index in [1.54, 1.807) is 12.4 Å². The number of nitrogens with zero attached hydrogens (tertiary/aromatic N) is 2. The number of rotatable bonds is 7. The highest BCUT2D eigenvalue weighted by molar-refractivity contribution is 6.20. The number of unbranched alkanes of at least 4 members (excludes halogenated alkanes) is 2. The molecular weight excluding hydrogens is 224 g/mol. The SMILES string of the molecule is CCCCCC(=O)/C(=C\N(C)C)c1ccncc1. The molecule has 1 aromatic rings. The van der Waals surface area contributed by atoms with Gasteiger partial charge in [-0.2, -0.15) is 0 Å². The number of Topliss-reactive ketones (excluding diaryl/α,β-unsaturated/α-hetero) is 1. The molecule has 0 fully saturated rings. The highest BCUT2D eigenvalue weighted by Gasteiger charge is 2.11. The zero-order chi connectivity index (χ0) is 13.4. The van der Waals surface area contributed by atoms with Crippen LogP contribution in [0.25, 0.3) is 5.57 Å². The van der Waals surface area contributed by atoms with Crippen LogP contribution in [0.15, 0.2) is 30.7 Å². The summed E-state index contributed by atoms with van der Waals surface area (Å²) in [6.07, 6.45) is 9.16. The van der Waals surface area contributed by atoms with Gasteiger partial charge in [-0.05, 0) is 24.1 Å². The second kappa shape index (κ2) is 7.64. The van der Waals surface area contributed by atoms with Crippen molar-refractivity contribution < 1.29 is 4.79 Å². The van der Waals surface area contributed by atoms with Gasteiger partial charge >= 0.3 is 0 Å². The maximum absolute atomic E-state index is 12.2. The lowest BCUT2D eigenvalue weighted by Crippen LogP contribution is -2.09. The van der Waals surface area contributed by atoms with Crippen LogP contribution in [0.4, 0.5) is 0 Å². The molecule has 0 atom stereocenters. The van der Waals surface area contributed by atoms with E-state index in [9.17, 15) is 4.79 Å². The summed E-state index contributed by atoms with van der Waals surface area (Å²) in [5.74, 6) is 0.211. The Morgan fingerprint density at radius 2 is 1.94 bits per heavy atom. The summed E-state index contributed by atoms with van der Waals surface area (Å²) in [7, 11) is 3.86. The molecular formula is C15H22N2O. The topological polar surface area (TPSA) is 33.2 Å². The monoisotopic (exact) mass is 246 g/mol. The molecule has 0 aliphatic heterocycles. The van der Waals surface area contributed by atoms with Gasteiger partial charge in [0, 0.05) is 44.7 Å². The Hall–Kier alpha value is -1.64. The first kappa shape index (κ1) is 14.4. The highest BCUT2D eigenvalue weighted by Crippen LogP contribution is 2.18. The lowest BCUT2D eigenvalue weighted by Gasteiger charge is -2.11. The van der Waals surface area contributed by atoms with Crippen molar-refractivity contribution in [2.24, 2.45) is 0 Å². The number of allylic oxidation sites excluding steroid dienone is 1. The molecule has 0 amide bonds. The van der Waals surface area contributed by atoms with Gasteiger partial charge in [0.2, 0.25) is 0 Å². The molecule has 0 radical (unpaired) electrons. The maximum Gasteiger partial charge on any atom is 0.164 e. The van der Waals surface area contributed by atoms with Crippen LogP contribution in [0.1, 0.15) is 38.2 Å². The smallest absolute Gasteiger partial charge is 0.164 e. The average Bonchev–Trinajstić information content (AvgIpc) is 2.37. The van der Waals surface area contributed by atoms with Crippen LogP contribution in [-0.4, -0.2) is 29.8 Å². The molecule has 0 N–H and O–H groups in total. The summed E-state index contributed by atoms with van der Waals surface area (Å²) in [6.45, 7) is 2.14. The first-order valence-electron chi connectivity index (χ1n) is 6.47. The van der Waals surface area contributed by atoms with E-state index in [0.29, 0.717) is 6.42 Å². The molecule has 0 unspecified atom stereocenters. The minimum Gasteiger partial charge on any atom is -0.383 e. The molecule has 0 saturated carbocycles. The van der Waals surface area contributed by atoms with Gasteiger partial charge in [-0.15, -0.1) is 0 Å². The number of carbonyl (C=O) groups excluding carboxylic acids is 1. The van der Waals surface area contributed by atoms with E-state index in [0.717, 1.165) is 30.4 Å². The average molecular weight is 246 g/mol. The third kappa shape index (κ3) is 4.70. The van der Waals surface area contributed by atoms with Gasteiger partial charge in [0.15, 0.2) is 5.78 Å². The van der Waals surface area contributed by atoms with Crippen molar-refractivity contribution in [3.63, 3.8) is 0 Å². The fourth-order valence-corrected chi connectivity index (χ4v) is 1.77. The van der Waals surface area contributed by atoms with Crippen molar-refractivity contribution in [1.29, 1.82) is 0 Å². The standard InChI is InChI=1S/C15H22N2O/c1-4-5-6-7-15(18)14(12-17(2)3)13-8-10-16-11-9-13/h8-12H,4-7H2,1-3H3/b14-12-. The van der Waals surface area contributed by atoms with Crippen LogP contribution >= 0.6 is 0 Å². The van der Waals surface area contributed by atoms with Crippen molar-refractivity contribution in [3.05, 3.63) is 36.3 Å². The Morgan fingerprint density at radius 3 is 2.50 bits per heavy atom. The number of pyridine rings is 1. The lowest BCUT2D eigenvalue weighted by atomic mass is 9.99. The number of hydrogen-bond donors (Lipinski definition) is 0. The van der Waals surface area contributed by atoms with Crippen molar-refractivity contribution in [2.45, 2.75) is 32.6 Å². The van der Waals surface area contributed by atoms with Crippen LogP contribution < -0.4 is 0 Å². The van der Waals surface area contributed by atoms with Gasteiger partial charge in [0.05, 0.1) is 0 Å². The van der Waals surface area contributed by atoms with Crippen LogP contribution in [0, 0.1) is 0 Å². The summed E-state index contributed by atoms with van der Waals surface area (Å²) in [4.78, 5) is 18.1. The molecule has 0 aliphatic carbocycles. The highest BCUT2D eigenvalue weighted by atomic mass is 16.1. The summed E-state index contributed by atoms with van der Waals surface area (Å²) in [5, 5.41) is 0. The third-order valence-electron chi connectivity index (χ3n) is 2.69. The molecule has 1 aromatic heterocycles. The molecule has 1 rings (SSSR count). The second-order valence-electron chi connectivity index (χ2n) is 4.62. The van der Waals surface area contributed by atoms with Gasteiger partial charge in [-0.25, -0.2) is 0 Å². The summed E-state index contributed by atoms with van der Waals surface area (Å²) in [6, 6.07) is 3.76. The molecule has 3 nitrogen and oxygen atoms in total. The summed E-state index contributed by atoms with van der Waals surface area (Å²) in [5.41, 5.74) is 1.72. The van der Waals surface area contributed by atoms with Gasteiger partial charge < -0.3 is 4.90 Å². The van der Waals surface area contributed by atoms with Gasteiger partial charge in [-0.1, -0.05) is 19.8 Å². The molecule has 0 spiro atoms. The maximum atomic E-state index is 12.2. The van der Waals surface area contributed by atoms with E-state index >= 15 is 0 Å². The van der Waals surface area contributed by atoms with E-state index in [-0.39, 0.29) is 5.78 Å². The van der Waals surface area contributed by atoms with E-state index in [4.69, 9.17) is 0 Å². The van der Waals surface area contributed by atoms with Crippen molar-refractivity contribution in [2.75, 3.05) is 14.1 Å². The second-order valence-corrected chi connectivity index (χ2v) is 4.62. The Labute approximate surface area is 110 Å². The first-order valence-corrected chi connectivity index (χ1v) is 6.47. The molecule has 98 valence electrons. The van der Waals surface area contributed by atoms with E-state index < -0.39 is 0 Å². The van der Waals surface area contributed by atoms with Crippen LogP contribution in [0.2, 0.25) is 0 Å². The molecule has 1 heterocycles. The minimum absolute atomic E-state index is 0.211. The van der Waals surface area contributed by atoms with Gasteiger partial charge in [0.25, 0.3) is 0 Å². The number of carbonyl (C=O) groups is 1.